The minimum absolute atomic E-state index is 0.0116. The molecule has 1 aromatic heterocycles. The lowest BCUT2D eigenvalue weighted by Crippen LogP contribution is -2.30. The summed E-state index contributed by atoms with van der Waals surface area (Å²) in [5, 5.41) is 2.86. The van der Waals surface area contributed by atoms with Gasteiger partial charge in [-0.05, 0) is 57.5 Å². The molecule has 0 radical (unpaired) electrons. The van der Waals surface area contributed by atoms with E-state index < -0.39 is 6.10 Å². The van der Waals surface area contributed by atoms with Gasteiger partial charge in [0.25, 0.3) is 5.91 Å². The first-order valence-corrected chi connectivity index (χ1v) is 9.39. The highest BCUT2D eigenvalue weighted by Crippen LogP contribution is 2.23. The summed E-state index contributed by atoms with van der Waals surface area (Å²) in [6.45, 7) is 8.27. The van der Waals surface area contributed by atoms with E-state index in [4.69, 9.17) is 4.74 Å². The Balaban J connectivity index is 1.74. The van der Waals surface area contributed by atoms with Gasteiger partial charge in [0.2, 0.25) is 0 Å². The highest BCUT2D eigenvalue weighted by atomic mass is 32.1. The lowest BCUT2D eigenvalue weighted by Gasteiger charge is -2.16. The van der Waals surface area contributed by atoms with E-state index in [1.54, 1.807) is 11.5 Å². The smallest absolute Gasteiger partial charge is 0.308 e. The van der Waals surface area contributed by atoms with Crippen LogP contribution in [0.4, 0.5) is 5.69 Å². The van der Waals surface area contributed by atoms with Crippen molar-refractivity contribution < 1.29 is 9.53 Å². The number of hydrogen-bond donors (Lipinski definition) is 1. The molecule has 1 unspecified atom stereocenters. The molecule has 3 rings (SSSR count). The number of rotatable bonds is 5. The van der Waals surface area contributed by atoms with Gasteiger partial charge >= 0.3 is 4.87 Å². The largest absolute Gasteiger partial charge is 0.481 e. The van der Waals surface area contributed by atoms with Crippen LogP contribution in [0.2, 0.25) is 0 Å². The van der Waals surface area contributed by atoms with Crippen molar-refractivity contribution in [2.75, 3.05) is 5.32 Å². The second kappa shape index (κ2) is 7.33. The molecule has 1 amide bonds. The number of hydrogen-bond acceptors (Lipinski definition) is 4. The fourth-order valence-electron chi connectivity index (χ4n) is 2.86. The third-order valence-electron chi connectivity index (χ3n) is 4.26. The Morgan fingerprint density at radius 3 is 2.69 bits per heavy atom. The Morgan fingerprint density at radius 2 is 2.00 bits per heavy atom. The summed E-state index contributed by atoms with van der Waals surface area (Å²) < 4.78 is 8.38. The van der Waals surface area contributed by atoms with Gasteiger partial charge in [0.05, 0.1) is 10.2 Å². The summed E-state index contributed by atoms with van der Waals surface area (Å²) in [7, 11) is 0. The normalized spacial score (nSPS) is 12.2. The molecule has 1 N–H and O–H groups in total. The van der Waals surface area contributed by atoms with Crippen LogP contribution in [0.5, 0.6) is 5.75 Å². The van der Waals surface area contributed by atoms with Gasteiger partial charge in [-0.25, -0.2) is 0 Å². The van der Waals surface area contributed by atoms with E-state index in [1.807, 2.05) is 57.2 Å². The minimum Gasteiger partial charge on any atom is -0.481 e. The summed E-state index contributed by atoms with van der Waals surface area (Å²) in [6, 6.07) is 11.4. The van der Waals surface area contributed by atoms with Crippen molar-refractivity contribution in [3.05, 3.63) is 57.2 Å². The van der Waals surface area contributed by atoms with E-state index in [1.165, 1.54) is 11.3 Å². The maximum atomic E-state index is 12.5. The predicted molar refractivity (Wildman–Crippen MR) is 106 cm³/mol. The molecule has 0 bridgehead atoms. The zero-order valence-electron chi connectivity index (χ0n) is 15.3. The van der Waals surface area contributed by atoms with Crippen LogP contribution in [0.1, 0.15) is 25.0 Å². The molecule has 0 fully saturated rings. The summed E-state index contributed by atoms with van der Waals surface area (Å²) in [5.41, 5.74) is 3.69. The quantitative estimate of drug-likeness (QED) is 0.735. The van der Waals surface area contributed by atoms with Crippen LogP contribution in [-0.4, -0.2) is 16.6 Å². The number of nitrogens with one attached hydrogen (secondary N) is 1. The van der Waals surface area contributed by atoms with Crippen LogP contribution in [0.3, 0.4) is 0 Å². The third-order valence-corrected chi connectivity index (χ3v) is 5.20. The zero-order chi connectivity index (χ0) is 18.8. The number of thiazole rings is 1. The van der Waals surface area contributed by atoms with Crippen molar-refractivity contribution in [1.29, 1.82) is 0 Å². The highest BCUT2D eigenvalue weighted by Gasteiger charge is 2.16. The van der Waals surface area contributed by atoms with E-state index in [0.717, 1.165) is 21.3 Å². The number of aryl methyl sites for hydroxylation is 3. The lowest BCUT2D eigenvalue weighted by atomic mass is 10.1. The van der Waals surface area contributed by atoms with Gasteiger partial charge in [-0.2, -0.15) is 0 Å². The standard InChI is InChI=1S/C20H22N2O3S/c1-5-22-16-8-7-15(11-18(16)26-20(22)24)21-19(23)14(4)25-17-9-6-12(2)10-13(17)3/h6-11,14H,5H2,1-4H3,(H,21,23). The number of fused-ring (bicyclic) bond motifs is 1. The average molecular weight is 370 g/mol. The molecule has 26 heavy (non-hydrogen) atoms. The van der Waals surface area contributed by atoms with Gasteiger partial charge in [-0.1, -0.05) is 29.0 Å². The molecular formula is C20H22N2O3S. The first-order valence-electron chi connectivity index (χ1n) is 8.57. The fraction of sp³-hybridized carbons (Fsp3) is 0.300. The highest BCUT2D eigenvalue weighted by molar-refractivity contribution is 7.16. The van der Waals surface area contributed by atoms with Gasteiger partial charge in [-0.15, -0.1) is 0 Å². The predicted octanol–water partition coefficient (Wildman–Crippen LogP) is 4.11. The van der Waals surface area contributed by atoms with Gasteiger partial charge in [0, 0.05) is 12.2 Å². The molecule has 5 nitrogen and oxygen atoms in total. The molecule has 0 spiro atoms. The van der Waals surface area contributed by atoms with Gasteiger partial charge in [0.1, 0.15) is 5.75 Å². The van der Waals surface area contributed by atoms with Crippen LogP contribution in [0.25, 0.3) is 10.2 Å². The minimum atomic E-state index is -0.633. The molecule has 0 saturated heterocycles. The van der Waals surface area contributed by atoms with Gasteiger partial charge in [0.15, 0.2) is 6.10 Å². The number of aromatic nitrogens is 1. The number of benzene rings is 2. The third kappa shape index (κ3) is 3.65. The number of nitrogens with zero attached hydrogens (tertiary/aromatic N) is 1. The second-order valence-corrected chi connectivity index (χ2v) is 7.31. The second-order valence-electron chi connectivity index (χ2n) is 6.31. The van der Waals surface area contributed by atoms with Gasteiger partial charge < -0.3 is 10.1 Å². The summed E-state index contributed by atoms with van der Waals surface area (Å²) in [5.74, 6) is 0.471. The Labute approximate surface area is 156 Å². The Hall–Kier alpha value is -2.60. The first-order chi connectivity index (χ1) is 12.4. The molecule has 0 aliphatic heterocycles. The van der Waals surface area contributed by atoms with Crippen molar-refractivity contribution in [2.45, 2.75) is 40.3 Å². The summed E-state index contributed by atoms with van der Waals surface area (Å²) >= 11 is 1.18. The fourth-order valence-corrected chi connectivity index (χ4v) is 3.86. The molecule has 0 saturated carbocycles. The van der Waals surface area contributed by atoms with Crippen molar-refractivity contribution in [3.8, 4) is 5.75 Å². The van der Waals surface area contributed by atoms with Crippen molar-refractivity contribution >= 4 is 33.1 Å². The maximum absolute atomic E-state index is 12.5. The van der Waals surface area contributed by atoms with Crippen LogP contribution in [0.15, 0.2) is 41.2 Å². The number of carbonyl (C=O) groups is 1. The van der Waals surface area contributed by atoms with Crippen LogP contribution >= 0.6 is 11.3 Å². The molecule has 0 aliphatic rings. The molecule has 136 valence electrons. The number of amides is 1. The van der Waals surface area contributed by atoms with E-state index in [0.29, 0.717) is 18.0 Å². The SMILES string of the molecule is CCn1c(=O)sc2cc(NC(=O)C(C)Oc3ccc(C)cc3C)ccc21. The van der Waals surface area contributed by atoms with E-state index in [-0.39, 0.29) is 10.8 Å². The average Bonchev–Trinajstić information content (AvgIpc) is 2.91. The summed E-state index contributed by atoms with van der Waals surface area (Å²) in [4.78, 5) is 24.4. The summed E-state index contributed by atoms with van der Waals surface area (Å²) in [6.07, 6.45) is -0.633. The Morgan fingerprint density at radius 1 is 1.23 bits per heavy atom. The zero-order valence-corrected chi connectivity index (χ0v) is 16.1. The van der Waals surface area contributed by atoms with Crippen LogP contribution in [0, 0.1) is 13.8 Å². The van der Waals surface area contributed by atoms with Crippen molar-refractivity contribution in [3.63, 3.8) is 0 Å². The topological polar surface area (TPSA) is 60.3 Å². The first kappa shape index (κ1) is 18.2. The molecular weight excluding hydrogens is 348 g/mol. The van der Waals surface area contributed by atoms with E-state index >= 15 is 0 Å². The number of anilines is 1. The van der Waals surface area contributed by atoms with E-state index in [9.17, 15) is 9.59 Å². The number of ether oxygens (including phenoxy) is 1. The lowest BCUT2D eigenvalue weighted by molar-refractivity contribution is -0.122. The molecule has 0 aliphatic carbocycles. The van der Waals surface area contributed by atoms with Gasteiger partial charge in [-0.3, -0.25) is 14.2 Å². The van der Waals surface area contributed by atoms with Crippen LogP contribution in [-0.2, 0) is 11.3 Å². The molecule has 6 heteroatoms. The Kier molecular flexibility index (Phi) is 5.13. The molecule has 1 atom stereocenters. The van der Waals surface area contributed by atoms with Crippen LogP contribution < -0.4 is 14.9 Å². The maximum Gasteiger partial charge on any atom is 0.308 e. The number of carbonyl (C=O) groups excluding carboxylic acids is 1. The molecule has 2 aromatic carbocycles. The van der Waals surface area contributed by atoms with Crippen molar-refractivity contribution in [2.24, 2.45) is 0 Å². The molecule has 1 heterocycles. The van der Waals surface area contributed by atoms with E-state index in [2.05, 4.69) is 5.32 Å². The molecule has 3 aromatic rings. The Bertz CT molecular complexity index is 1020. The van der Waals surface area contributed by atoms with Crippen molar-refractivity contribution in [1.82, 2.24) is 4.57 Å². The monoisotopic (exact) mass is 370 g/mol.